The molecule has 0 fully saturated rings. The topological polar surface area (TPSA) is 103 Å². The Morgan fingerprint density at radius 2 is 1.97 bits per heavy atom. The maximum atomic E-state index is 12.6. The van der Waals surface area contributed by atoms with Gasteiger partial charge in [-0.3, -0.25) is 14.9 Å². The third-order valence-corrected chi connectivity index (χ3v) is 4.85. The van der Waals surface area contributed by atoms with E-state index >= 15 is 0 Å². The summed E-state index contributed by atoms with van der Waals surface area (Å²) >= 11 is 5.82. The van der Waals surface area contributed by atoms with Crippen molar-refractivity contribution in [2.45, 2.75) is 13.5 Å². The number of nitrogens with zero attached hydrogens (tertiary/aromatic N) is 4. The van der Waals surface area contributed by atoms with Gasteiger partial charge in [-0.1, -0.05) is 41.9 Å². The van der Waals surface area contributed by atoms with Gasteiger partial charge >= 0.3 is 0 Å². The van der Waals surface area contributed by atoms with Gasteiger partial charge in [0.05, 0.1) is 10.6 Å². The largest absolute Gasteiger partial charge is 0.319 e. The zero-order valence-corrected chi connectivity index (χ0v) is 16.6. The molecule has 0 saturated carbocycles. The van der Waals surface area contributed by atoms with Crippen LogP contribution >= 0.6 is 11.6 Å². The van der Waals surface area contributed by atoms with E-state index in [-0.39, 0.29) is 22.9 Å². The number of carbonyl (C=O) groups is 1. The van der Waals surface area contributed by atoms with Crippen LogP contribution in [0.15, 0.2) is 60.8 Å². The minimum atomic E-state index is -0.595. The SMILES string of the molecule is Cc1nn(CC(=O)Nc2ccc(Cl)cc2[N+](=O)[O-])c2nccc(-c3ccccc3)c12. The molecule has 2 heterocycles. The molecular weight excluding hydrogens is 406 g/mol. The van der Waals surface area contributed by atoms with Gasteiger partial charge in [0.2, 0.25) is 5.91 Å². The predicted octanol–water partition coefficient (Wildman–Crippen LogP) is 4.61. The molecule has 2 aromatic carbocycles. The summed E-state index contributed by atoms with van der Waals surface area (Å²) in [5.41, 5.74) is 3.09. The number of rotatable bonds is 5. The van der Waals surface area contributed by atoms with E-state index in [4.69, 9.17) is 11.6 Å². The van der Waals surface area contributed by atoms with E-state index < -0.39 is 10.8 Å². The first-order valence-corrected chi connectivity index (χ1v) is 9.43. The van der Waals surface area contributed by atoms with Crippen LogP contribution in [0, 0.1) is 17.0 Å². The number of pyridine rings is 1. The van der Waals surface area contributed by atoms with E-state index in [2.05, 4.69) is 15.4 Å². The first-order valence-electron chi connectivity index (χ1n) is 9.05. The van der Waals surface area contributed by atoms with Gasteiger partial charge in [-0.2, -0.15) is 5.10 Å². The summed E-state index contributed by atoms with van der Waals surface area (Å²) in [6, 6.07) is 15.8. The second-order valence-corrected chi connectivity index (χ2v) is 7.07. The fourth-order valence-corrected chi connectivity index (χ4v) is 3.50. The van der Waals surface area contributed by atoms with E-state index in [1.54, 1.807) is 6.20 Å². The molecule has 30 heavy (non-hydrogen) atoms. The number of halogens is 1. The second-order valence-electron chi connectivity index (χ2n) is 6.63. The van der Waals surface area contributed by atoms with Crippen molar-refractivity contribution < 1.29 is 9.72 Å². The van der Waals surface area contributed by atoms with Gasteiger partial charge in [0.15, 0.2) is 5.65 Å². The van der Waals surface area contributed by atoms with Crippen LogP contribution in [0.3, 0.4) is 0 Å². The van der Waals surface area contributed by atoms with Crippen molar-refractivity contribution in [1.29, 1.82) is 0 Å². The van der Waals surface area contributed by atoms with Crippen LogP contribution in [0.5, 0.6) is 0 Å². The molecule has 0 saturated heterocycles. The van der Waals surface area contributed by atoms with E-state index in [0.717, 1.165) is 22.2 Å². The van der Waals surface area contributed by atoms with Gasteiger partial charge in [-0.25, -0.2) is 9.67 Å². The monoisotopic (exact) mass is 421 g/mol. The van der Waals surface area contributed by atoms with Crippen molar-refractivity contribution in [2.75, 3.05) is 5.32 Å². The maximum Gasteiger partial charge on any atom is 0.294 e. The molecule has 9 heteroatoms. The van der Waals surface area contributed by atoms with Crippen molar-refractivity contribution in [2.24, 2.45) is 0 Å². The number of amides is 1. The Kier molecular flexibility index (Phi) is 5.16. The number of hydrogen-bond acceptors (Lipinski definition) is 5. The number of benzene rings is 2. The van der Waals surface area contributed by atoms with E-state index in [1.165, 1.54) is 22.9 Å². The van der Waals surface area contributed by atoms with E-state index in [0.29, 0.717) is 5.65 Å². The number of aromatic nitrogens is 3. The molecule has 8 nitrogen and oxygen atoms in total. The number of hydrogen-bond donors (Lipinski definition) is 1. The third kappa shape index (κ3) is 3.72. The smallest absolute Gasteiger partial charge is 0.294 e. The fourth-order valence-electron chi connectivity index (χ4n) is 3.34. The van der Waals surface area contributed by atoms with E-state index in [9.17, 15) is 14.9 Å². The quantitative estimate of drug-likeness (QED) is 0.374. The van der Waals surface area contributed by atoms with Crippen molar-refractivity contribution >= 4 is 39.9 Å². The van der Waals surface area contributed by atoms with Gasteiger partial charge in [0, 0.05) is 22.7 Å². The molecule has 4 rings (SSSR count). The summed E-state index contributed by atoms with van der Waals surface area (Å²) < 4.78 is 1.49. The highest BCUT2D eigenvalue weighted by atomic mass is 35.5. The Bertz CT molecular complexity index is 1270. The summed E-state index contributed by atoms with van der Waals surface area (Å²) in [5, 5.41) is 19.3. The number of aryl methyl sites for hydroxylation is 1. The molecule has 0 radical (unpaired) electrons. The van der Waals surface area contributed by atoms with Crippen LogP contribution in [-0.4, -0.2) is 25.6 Å². The summed E-state index contributed by atoms with van der Waals surface area (Å²) in [6.07, 6.45) is 1.67. The molecule has 0 aliphatic heterocycles. The Balaban J connectivity index is 1.66. The molecule has 0 spiro atoms. The Hall–Kier alpha value is -3.78. The molecular formula is C21H16ClN5O3. The average molecular weight is 422 g/mol. The lowest BCUT2D eigenvalue weighted by Gasteiger charge is -2.07. The highest BCUT2D eigenvalue weighted by Crippen LogP contribution is 2.30. The van der Waals surface area contributed by atoms with Gasteiger partial charge < -0.3 is 5.32 Å². The molecule has 1 N–H and O–H groups in total. The minimum Gasteiger partial charge on any atom is -0.319 e. The van der Waals surface area contributed by atoms with Crippen LogP contribution in [0.1, 0.15) is 5.69 Å². The fraction of sp³-hybridized carbons (Fsp3) is 0.0952. The Labute approximate surface area is 176 Å². The Morgan fingerprint density at radius 3 is 2.70 bits per heavy atom. The van der Waals surface area contributed by atoms with E-state index in [1.807, 2.05) is 43.3 Å². The molecule has 0 unspecified atom stereocenters. The summed E-state index contributed by atoms with van der Waals surface area (Å²) in [5.74, 6) is -0.461. The highest BCUT2D eigenvalue weighted by molar-refractivity contribution is 6.31. The minimum absolute atomic E-state index is 0.0699. The van der Waals surface area contributed by atoms with Crippen LogP contribution in [0.2, 0.25) is 5.02 Å². The lowest BCUT2D eigenvalue weighted by Crippen LogP contribution is -2.20. The molecule has 0 bridgehead atoms. The summed E-state index contributed by atoms with van der Waals surface area (Å²) in [7, 11) is 0. The molecule has 0 atom stereocenters. The normalized spacial score (nSPS) is 10.9. The molecule has 4 aromatic rings. The lowest BCUT2D eigenvalue weighted by molar-refractivity contribution is -0.383. The van der Waals surface area contributed by atoms with Crippen molar-refractivity contribution in [3.63, 3.8) is 0 Å². The predicted molar refractivity (Wildman–Crippen MR) is 114 cm³/mol. The number of carbonyl (C=O) groups excluding carboxylic acids is 1. The summed E-state index contributed by atoms with van der Waals surface area (Å²) in [4.78, 5) is 27.6. The average Bonchev–Trinajstić information content (AvgIpc) is 3.05. The number of nitro groups is 1. The van der Waals surface area contributed by atoms with Crippen LogP contribution in [0.25, 0.3) is 22.2 Å². The van der Waals surface area contributed by atoms with Crippen LogP contribution < -0.4 is 5.32 Å². The van der Waals surface area contributed by atoms with Gasteiger partial charge in [-0.05, 0) is 36.2 Å². The number of anilines is 1. The number of nitro benzene ring substituents is 1. The van der Waals surface area contributed by atoms with Crippen LogP contribution in [0.4, 0.5) is 11.4 Å². The first-order chi connectivity index (χ1) is 14.4. The van der Waals surface area contributed by atoms with Crippen LogP contribution in [-0.2, 0) is 11.3 Å². The third-order valence-electron chi connectivity index (χ3n) is 4.62. The second kappa shape index (κ2) is 7.92. The van der Waals surface area contributed by atoms with Gasteiger partial charge in [0.1, 0.15) is 12.2 Å². The first kappa shape index (κ1) is 19.5. The molecule has 2 aromatic heterocycles. The number of nitrogens with one attached hydrogen (secondary N) is 1. The Morgan fingerprint density at radius 1 is 1.20 bits per heavy atom. The molecule has 150 valence electrons. The van der Waals surface area contributed by atoms with Gasteiger partial charge in [-0.15, -0.1) is 0 Å². The number of fused-ring (bicyclic) bond motifs is 1. The van der Waals surface area contributed by atoms with Crippen molar-refractivity contribution in [3.05, 3.63) is 81.6 Å². The molecule has 0 aliphatic rings. The zero-order chi connectivity index (χ0) is 21.3. The standard InChI is InChI=1S/C21H16ClN5O3/c1-13-20-16(14-5-3-2-4-6-14)9-10-23-21(20)26(25-13)12-19(28)24-17-8-7-15(22)11-18(17)27(29)30/h2-11H,12H2,1H3,(H,24,28). The maximum absolute atomic E-state index is 12.6. The molecule has 1 amide bonds. The molecule has 0 aliphatic carbocycles. The van der Waals surface area contributed by atoms with Crippen molar-refractivity contribution in [3.8, 4) is 11.1 Å². The van der Waals surface area contributed by atoms with Crippen molar-refractivity contribution in [1.82, 2.24) is 14.8 Å². The van der Waals surface area contributed by atoms with Gasteiger partial charge in [0.25, 0.3) is 5.69 Å². The highest BCUT2D eigenvalue weighted by Gasteiger charge is 2.19. The lowest BCUT2D eigenvalue weighted by atomic mass is 10.0. The zero-order valence-electron chi connectivity index (χ0n) is 15.9. The summed E-state index contributed by atoms with van der Waals surface area (Å²) in [6.45, 7) is 1.71.